The van der Waals surface area contributed by atoms with Crippen molar-refractivity contribution in [1.29, 1.82) is 0 Å². The van der Waals surface area contributed by atoms with Crippen LogP contribution in [0.4, 0.5) is 0 Å². The van der Waals surface area contributed by atoms with E-state index in [1.165, 1.54) is 6.07 Å². The van der Waals surface area contributed by atoms with Crippen LogP contribution in [0, 0.1) is 0 Å². The first-order chi connectivity index (χ1) is 12.5. The maximum atomic E-state index is 11.8. The fourth-order valence-corrected chi connectivity index (χ4v) is 3.32. The molecule has 0 aliphatic carbocycles. The molecule has 0 fully saturated rings. The van der Waals surface area contributed by atoms with Gasteiger partial charge in [-0.3, -0.25) is 4.55 Å². The standard InChI is InChI=1S/C22H18O3S.2Na.2H/c23-26(24,25)22-13-7-12-20(16-14-18-8-3-1-4-9-18)21(22)17-15-19-10-5-2-6-11-19;;;;/h1-17H,(H,23,24,25);;;;/q;2*+1;2*-1. The summed E-state index contributed by atoms with van der Waals surface area (Å²) in [5.41, 5.74) is 3.10. The number of benzene rings is 3. The van der Waals surface area contributed by atoms with Gasteiger partial charge in [-0.15, -0.1) is 0 Å². The largest absolute Gasteiger partial charge is 1.00 e. The topological polar surface area (TPSA) is 54.4 Å². The average molecular weight is 410 g/mol. The SMILES string of the molecule is O=S(=O)(O)c1cccc(C=Cc2ccccc2)c1C=Cc1ccccc1.[H-].[H-].[Na+].[Na+]. The monoisotopic (exact) mass is 410 g/mol. The Morgan fingerprint density at radius 2 is 1.14 bits per heavy atom. The summed E-state index contributed by atoms with van der Waals surface area (Å²) in [6.07, 6.45) is 7.28. The summed E-state index contributed by atoms with van der Waals surface area (Å²) in [6.45, 7) is 0. The zero-order valence-electron chi connectivity index (χ0n) is 18.0. The molecule has 0 heterocycles. The first-order valence-electron chi connectivity index (χ1n) is 8.11. The van der Waals surface area contributed by atoms with Crippen LogP contribution in [-0.2, 0) is 10.1 Å². The Morgan fingerprint density at radius 3 is 1.64 bits per heavy atom. The first-order valence-corrected chi connectivity index (χ1v) is 9.55. The normalized spacial score (nSPS) is 11.2. The van der Waals surface area contributed by atoms with E-state index in [0.717, 1.165) is 11.1 Å². The minimum atomic E-state index is -4.33. The molecule has 3 aromatic rings. The van der Waals surface area contributed by atoms with Crippen LogP contribution in [0.2, 0.25) is 0 Å². The minimum Gasteiger partial charge on any atom is -1.00 e. The summed E-state index contributed by atoms with van der Waals surface area (Å²) in [6, 6.07) is 24.1. The molecule has 0 aliphatic heterocycles. The quantitative estimate of drug-likeness (QED) is 0.351. The zero-order chi connectivity index (χ0) is 18.4. The van der Waals surface area contributed by atoms with E-state index in [-0.39, 0.29) is 66.9 Å². The van der Waals surface area contributed by atoms with Gasteiger partial charge in [0.05, 0.1) is 0 Å². The second-order valence-corrected chi connectivity index (χ2v) is 7.11. The molecule has 3 aromatic carbocycles. The molecule has 28 heavy (non-hydrogen) atoms. The van der Waals surface area contributed by atoms with Crippen LogP contribution in [-0.4, -0.2) is 13.0 Å². The summed E-state index contributed by atoms with van der Waals surface area (Å²) in [7, 11) is -4.33. The minimum absolute atomic E-state index is 0. The van der Waals surface area contributed by atoms with Crippen LogP contribution in [0.3, 0.4) is 0 Å². The average Bonchev–Trinajstić information content (AvgIpc) is 2.66. The van der Waals surface area contributed by atoms with Crippen molar-refractivity contribution in [3.63, 3.8) is 0 Å². The summed E-state index contributed by atoms with van der Waals surface area (Å²) < 4.78 is 33.2. The Bertz CT molecular complexity index is 1060. The molecule has 0 radical (unpaired) electrons. The Hall–Kier alpha value is -0.950. The van der Waals surface area contributed by atoms with Crippen LogP contribution >= 0.6 is 0 Å². The molecule has 0 saturated carbocycles. The molecule has 0 unspecified atom stereocenters. The second-order valence-electron chi connectivity index (χ2n) is 5.72. The van der Waals surface area contributed by atoms with Crippen molar-refractivity contribution < 1.29 is 74.9 Å². The van der Waals surface area contributed by atoms with Crippen LogP contribution in [0.25, 0.3) is 24.3 Å². The van der Waals surface area contributed by atoms with Gasteiger partial charge in [-0.1, -0.05) is 97.1 Å². The van der Waals surface area contributed by atoms with E-state index < -0.39 is 10.1 Å². The van der Waals surface area contributed by atoms with Crippen LogP contribution in [0.5, 0.6) is 0 Å². The van der Waals surface area contributed by atoms with E-state index in [9.17, 15) is 13.0 Å². The van der Waals surface area contributed by atoms with Crippen LogP contribution in [0.1, 0.15) is 25.1 Å². The molecule has 3 rings (SSSR count). The van der Waals surface area contributed by atoms with E-state index in [4.69, 9.17) is 0 Å². The van der Waals surface area contributed by atoms with Crippen molar-refractivity contribution in [3.05, 3.63) is 101 Å². The predicted octanol–water partition coefficient (Wildman–Crippen LogP) is -0.493. The van der Waals surface area contributed by atoms with Crippen LogP contribution in [0.15, 0.2) is 83.8 Å². The van der Waals surface area contributed by atoms with E-state index >= 15 is 0 Å². The van der Waals surface area contributed by atoms with Crippen molar-refractivity contribution in [2.45, 2.75) is 4.90 Å². The van der Waals surface area contributed by atoms with Gasteiger partial charge in [-0.05, 0) is 22.8 Å². The van der Waals surface area contributed by atoms with Gasteiger partial charge in [0.25, 0.3) is 10.1 Å². The molecule has 0 atom stereocenters. The number of hydrogen-bond acceptors (Lipinski definition) is 2. The zero-order valence-corrected chi connectivity index (χ0v) is 20.8. The fourth-order valence-electron chi connectivity index (χ4n) is 2.60. The van der Waals surface area contributed by atoms with Crippen molar-refractivity contribution >= 4 is 34.4 Å². The summed E-state index contributed by atoms with van der Waals surface area (Å²) in [4.78, 5) is -0.111. The van der Waals surface area contributed by atoms with E-state index in [2.05, 4.69) is 0 Å². The summed E-state index contributed by atoms with van der Waals surface area (Å²) in [5, 5.41) is 0. The predicted molar refractivity (Wildman–Crippen MR) is 109 cm³/mol. The summed E-state index contributed by atoms with van der Waals surface area (Å²) >= 11 is 0. The molecule has 3 nitrogen and oxygen atoms in total. The molecule has 6 heteroatoms. The molecule has 0 amide bonds. The fraction of sp³-hybridized carbons (Fsp3) is 0. The summed E-state index contributed by atoms with van der Waals surface area (Å²) in [5.74, 6) is 0. The molecular formula is C22H20Na2O3S. The Labute approximate surface area is 213 Å². The van der Waals surface area contributed by atoms with Gasteiger partial charge in [0.1, 0.15) is 4.90 Å². The maximum absolute atomic E-state index is 11.8. The maximum Gasteiger partial charge on any atom is 1.00 e. The van der Waals surface area contributed by atoms with Gasteiger partial charge in [-0.2, -0.15) is 8.42 Å². The van der Waals surface area contributed by atoms with E-state index in [0.29, 0.717) is 11.1 Å². The van der Waals surface area contributed by atoms with Crippen molar-refractivity contribution in [1.82, 2.24) is 0 Å². The van der Waals surface area contributed by atoms with Gasteiger partial charge in [0.2, 0.25) is 0 Å². The van der Waals surface area contributed by atoms with E-state index in [1.807, 2.05) is 85.0 Å². The number of hydrogen-bond donors (Lipinski definition) is 1. The van der Waals surface area contributed by atoms with Crippen molar-refractivity contribution in [2.24, 2.45) is 0 Å². The van der Waals surface area contributed by atoms with Gasteiger partial charge in [0.15, 0.2) is 0 Å². The molecule has 134 valence electrons. The van der Waals surface area contributed by atoms with Crippen molar-refractivity contribution in [2.75, 3.05) is 0 Å². The van der Waals surface area contributed by atoms with Gasteiger partial charge in [-0.25, -0.2) is 0 Å². The third-order valence-corrected chi connectivity index (χ3v) is 4.79. The smallest absolute Gasteiger partial charge is 1.00 e. The van der Waals surface area contributed by atoms with Crippen molar-refractivity contribution in [3.8, 4) is 0 Å². The Morgan fingerprint density at radius 1 is 0.643 bits per heavy atom. The Balaban J connectivity index is 0. The molecule has 1 N–H and O–H groups in total. The molecule has 0 bridgehead atoms. The van der Waals surface area contributed by atoms with Gasteiger partial charge < -0.3 is 2.85 Å². The molecule has 0 aliphatic rings. The number of rotatable bonds is 5. The van der Waals surface area contributed by atoms with Gasteiger partial charge in [0, 0.05) is 5.56 Å². The second kappa shape index (κ2) is 11.9. The van der Waals surface area contributed by atoms with Crippen LogP contribution < -0.4 is 59.1 Å². The molecular weight excluding hydrogens is 390 g/mol. The molecule has 0 saturated heterocycles. The molecule has 0 spiro atoms. The van der Waals surface area contributed by atoms with E-state index in [1.54, 1.807) is 12.1 Å². The molecule has 0 aromatic heterocycles. The first kappa shape index (κ1) is 25.1. The van der Waals surface area contributed by atoms with Gasteiger partial charge >= 0.3 is 59.1 Å². The Kier molecular flexibility index (Phi) is 10.7. The third-order valence-electron chi connectivity index (χ3n) is 3.87. The third kappa shape index (κ3) is 7.14.